The Kier molecular flexibility index (Phi) is 7.81. The molecule has 0 aromatic heterocycles. The minimum atomic E-state index is -4.11. The molecule has 11 heteroatoms. The van der Waals surface area contributed by atoms with Crippen molar-refractivity contribution in [1.82, 2.24) is 14.1 Å². The molecule has 2 aromatic carbocycles. The number of amides is 1. The molecular weight excluding hydrogens is 502 g/mol. The molecule has 2 aliphatic heterocycles. The van der Waals surface area contributed by atoms with Crippen LogP contribution in [0, 0.1) is 5.92 Å². The Morgan fingerprint density at radius 1 is 1.18 bits per heavy atom. The first-order chi connectivity index (χ1) is 16.1. The van der Waals surface area contributed by atoms with Gasteiger partial charge >= 0.3 is 0 Å². The summed E-state index contributed by atoms with van der Waals surface area (Å²) in [4.78, 5) is 16.9. The highest BCUT2D eigenvalue weighted by Gasteiger charge is 2.35. The molecule has 2 aromatic rings. The van der Waals surface area contributed by atoms with Crippen molar-refractivity contribution < 1.29 is 17.6 Å². The molecule has 4 rings (SSSR count). The van der Waals surface area contributed by atoms with Crippen molar-refractivity contribution in [2.45, 2.75) is 6.10 Å². The molecule has 0 saturated carbocycles. The molecule has 0 N–H and O–H groups in total. The first kappa shape index (κ1) is 25.3. The van der Waals surface area contributed by atoms with E-state index in [1.165, 1.54) is 16.4 Å². The number of morpholine rings is 1. The summed E-state index contributed by atoms with van der Waals surface area (Å²) in [5.41, 5.74) is 1.11. The fourth-order valence-corrected chi connectivity index (χ4v) is 6.11. The van der Waals surface area contributed by atoms with Gasteiger partial charge in [0.05, 0.1) is 34.4 Å². The average molecular weight is 529 g/mol. The summed E-state index contributed by atoms with van der Waals surface area (Å²) in [6.07, 6.45) is -0.255. The van der Waals surface area contributed by atoms with Gasteiger partial charge in [0.25, 0.3) is 16.2 Å². The van der Waals surface area contributed by atoms with Crippen molar-refractivity contribution >= 4 is 45.1 Å². The third-order valence-corrected chi connectivity index (χ3v) is 7.82. The van der Waals surface area contributed by atoms with E-state index >= 15 is 0 Å². The summed E-state index contributed by atoms with van der Waals surface area (Å²) in [6.45, 7) is 2.62. The van der Waals surface area contributed by atoms with Gasteiger partial charge in [-0.3, -0.25) is 4.79 Å². The second kappa shape index (κ2) is 10.5. The SMILES string of the molecule is CN(C)CC1CN([S@@](=O)(F)=Nc2cc(Cl)c(C(=O)N3CCO[C@@H](c4ccccc4)C3)c(Cl)c2)C1. The summed E-state index contributed by atoms with van der Waals surface area (Å²) < 4.78 is 38.2. The number of benzene rings is 2. The Morgan fingerprint density at radius 2 is 1.82 bits per heavy atom. The molecular formula is C23H27Cl2FN4O3S. The lowest BCUT2D eigenvalue weighted by Crippen LogP contribution is -2.51. The van der Waals surface area contributed by atoms with Gasteiger partial charge in [-0.2, -0.15) is 12.9 Å². The van der Waals surface area contributed by atoms with Crippen LogP contribution in [0.15, 0.2) is 46.8 Å². The molecule has 0 spiro atoms. The van der Waals surface area contributed by atoms with Crippen LogP contribution in [0.1, 0.15) is 22.0 Å². The molecule has 2 aliphatic rings. The molecule has 2 fully saturated rings. The normalized spacial score (nSPS) is 21.2. The molecule has 0 radical (unpaired) electrons. The van der Waals surface area contributed by atoms with Crippen molar-refractivity contribution in [3.63, 3.8) is 0 Å². The number of ether oxygens (including phenoxy) is 1. The Morgan fingerprint density at radius 3 is 2.44 bits per heavy atom. The molecule has 1 amide bonds. The maximum atomic E-state index is 14.8. The quantitative estimate of drug-likeness (QED) is 0.514. The smallest absolute Gasteiger partial charge is 0.275 e. The van der Waals surface area contributed by atoms with Crippen LogP contribution in [0.3, 0.4) is 0 Å². The summed E-state index contributed by atoms with van der Waals surface area (Å²) in [6, 6.07) is 12.3. The highest BCUT2D eigenvalue weighted by molar-refractivity contribution is 7.86. The lowest BCUT2D eigenvalue weighted by Gasteiger charge is -2.38. The Balaban J connectivity index is 1.50. The van der Waals surface area contributed by atoms with Crippen LogP contribution >= 0.6 is 23.2 Å². The van der Waals surface area contributed by atoms with E-state index in [-0.39, 0.29) is 39.2 Å². The predicted octanol–water partition coefficient (Wildman–Crippen LogP) is 4.60. The van der Waals surface area contributed by atoms with Gasteiger partial charge in [0.15, 0.2) is 0 Å². The van der Waals surface area contributed by atoms with Crippen LogP contribution in [-0.4, -0.2) is 77.6 Å². The third kappa shape index (κ3) is 5.72. The Bertz CT molecular complexity index is 1150. The zero-order chi connectivity index (χ0) is 24.5. The minimum absolute atomic E-state index is 0.0271. The minimum Gasteiger partial charge on any atom is -0.370 e. The third-order valence-electron chi connectivity index (χ3n) is 5.85. The van der Waals surface area contributed by atoms with Crippen molar-refractivity contribution in [1.29, 1.82) is 0 Å². The van der Waals surface area contributed by atoms with Gasteiger partial charge in [-0.05, 0) is 37.7 Å². The monoisotopic (exact) mass is 528 g/mol. The topological polar surface area (TPSA) is 65.5 Å². The highest BCUT2D eigenvalue weighted by atomic mass is 35.5. The van der Waals surface area contributed by atoms with Crippen LogP contribution in [0.25, 0.3) is 0 Å². The van der Waals surface area contributed by atoms with Crippen molar-refractivity contribution in [3.05, 3.63) is 63.6 Å². The number of hydrogen-bond acceptors (Lipinski definition) is 5. The van der Waals surface area contributed by atoms with E-state index in [2.05, 4.69) is 4.36 Å². The maximum Gasteiger partial charge on any atom is 0.275 e. The standard InChI is InChI=1S/C23H27Cl2FN4O3S/c1-28(2)12-16-13-30(14-16)34(26,32)27-18-10-19(24)22(20(25)11-18)23(31)29-8-9-33-21(15-29)17-6-4-3-5-7-17/h3-7,10-11,16,21H,8-9,12-15H2,1-2H3/t21-,34-/m1/s1. The van der Waals surface area contributed by atoms with Crippen molar-refractivity contribution in [3.8, 4) is 0 Å². The molecule has 34 heavy (non-hydrogen) atoms. The van der Waals surface area contributed by atoms with Gasteiger partial charge < -0.3 is 14.5 Å². The van der Waals surface area contributed by atoms with E-state index in [9.17, 15) is 12.9 Å². The van der Waals surface area contributed by atoms with E-state index in [0.717, 1.165) is 12.1 Å². The van der Waals surface area contributed by atoms with E-state index in [0.29, 0.717) is 32.8 Å². The second-order valence-corrected chi connectivity index (χ2v) is 11.2. The van der Waals surface area contributed by atoms with Crippen molar-refractivity contribution in [2.24, 2.45) is 10.3 Å². The van der Waals surface area contributed by atoms with E-state index in [1.54, 1.807) is 4.90 Å². The molecule has 0 bridgehead atoms. The number of carbonyl (C=O) groups is 1. The van der Waals surface area contributed by atoms with E-state index < -0.39 is 10.3 Å². The highest BCUT2D eigenvalue weighted by Crippen LogP contribution is 2.35. The van der Waals surface area contributed by atoms with Crippen LogP contribution in [-0.2, 0) is 15.0 Å². The number of halogens is 3. The zero-order valence-corrected chi connectivity index (χ0v) is 21.3. The first-order valence-corrected chi connectivity index (χ1v) is 13.1. The zero-order valence-electron chi connectivity index (χ0n) is 19.0. The molecule has 2 saturated heterocycles. The Hall–Kier alpha value is -1.75. The van der Waals surface area contributed by atoms with Crippen molar-refractivity contribution in [2.75, 3.05) is 53.4 Å². The average Bonchev–Trinajstić information content (AvgIpc) is 2.75. The predicted molar refractivity (Wildman–Crippen MR) is 132 cm³/mol. The van der Waals surface area contributed by atoms with Crippen LogP contribution in [0.5, 0.6) is 0 Å². The fraction of sp³-hybridized carbons (Fsp3) is 0.435. The molecule has 0 aliphatic carbocycles. The number of hydrogen-bond donors (Lipinski definition) is 0. The van der Waals surface area contributed by atoms with Gasteiger partial charge in [0.2, 0.25) is 0 Å². The van der Waals surface area contributed by atoms with Gasteiger partial charge in [-0.1, -0.05) is 53.5 Å². The number of nitrogens with zero attached hydrogens (tertiary/aromatic N) is 4. The fourth-order valence-electron chi connectivity index (χ4n) is 4.20. The number of carbonyl (C=O) groups excluding carboxylic acids is 1. The van der Waals surface area contributed by atoms with Gasteiger partial charge in [-0.15, -0.1) is 3.89 Å². The second-order valence-electron chi connectivity index (χ2n) is 8.80. The van der Waals surface area contributed by atoms with E-state index in [4.69, 9.17) is 27.9 Å². The molecule has 2 heterocycles. The van der Waals surface area contributed by atoms with Gasteiger partial charge in [-0.25, -0.2) is 0 Å². The molecule has 7 nitrogen and oxygen atoms in total. The van der Waals surface area contributed by atoms with Crippen LogP contribution in [0.2, 0.25) is 10.0 Å². The maximum absolute atomic E-state index is 14.8. The molecule has 0 unspecified atom stereocenters. The lowest BCUT2D eigenvalue weighted by molar-refractivity contribution is -0.0228. The summed E-state index contributed by atoms with van der Waals surface area (Å²) >= 11 is 12.8. The van der Waals surface area contributed by atoms with Gasteiger partial charge in [0.1, 0.15) is 6.10 Å². The van der Waals surface area contributed by atoms with Crippen LogP contribution < -0.4 is 0 Å². The molecule has 2 atom stereocenters. The van der Waals surface area contributed by atoms with Gasteiger partial charge in [0, 0.05) is 26.2 Å². The first-order valence-electron chi connectivity index (χ1n) is 11.0. The lowest BCUT2D eigenvalue weighted by atomic mass is 10.0. The summed E-state index contributed by atoms with van der Waals surface area (Å²) in [5, 5.41) is 0.0617. The van der Waals surface area contributed by atoms with Crippen LogP contribution in [0.4, 0.5) is 9.57 Å². The largest absolute Gasteiger partial charge is 0.370 e. The van der Waals surface area contributed by atoms with E-state index in [1.807, 2.05) is 49.3 Å². The summed E-state index contributed by atoms with van der Waals surface area (Å²) in [5.74, 6) is -0.108. The Labute approximate surface area is 210 Å². The molecule has 184 valence electrons. The number of rotatable bonds is 6. The summed E-state index contributed by atoms with van der Waals surface area (Å²) in [7, 11) is -0.238.